The van der Waals surface area contributed by atoms with Crippen molar-refractivity contribution in [1.82, 2.24) is 15.2 Å². The first-order valence-corrected chi connectivity index (χ1v) is 12.5. The van der Waals surface area contributed by atoms with Gasteiger partial charge in [-0.1, -0.05) is 18.2 Å². The van der Waals surface area contributed by atoms with Crippen molar-refractivity contribution < 1.29 is 32.5 Å². The van der Waals surface area contributed by atoms with E-state index >= 15 is 4.39 Å². The number of nitrogens with zero attached hydrogens (tertiary/aromatic N) is 3. The second kappa shape index (κ2) is 11.5. The third-order valence-corrected chi connectivity index (χ3v) is 6.49. The highest BCUT2D eigenvalue weighted by Crippen LogP contribution is 2.38. The molecule has 0 bridgehead atoms. The van der Waals surface area contributed by atoms with E-state index in [2.05, 4.69) is 15.2 Å². The molecule has 0 saturated heterocycles. The molecular formula is C31H25F2N3O5. The Kier molecular flexibility index (Phi) is 7.73. The number of fused-ring (bicyclic) bond motifs is 1. The van der Waals surface area contributed by atoms with Gasteiger partial charge in [-0.3, -0.25) is 9.78 Å². The number of hydrogen-bond acceptors (Lipinski definition) is 8. The van der Waals surface area contributed by atoms with E-state index in [1.165, 1.54) is 45.6 Å². The van der Waals surface area contributed by atoms with Gasteiger partial charge in [0.05, 0.1) is 32.5 Å². The van der Waals surface area contributed by atoms with E-state index in [0.717, 1.165) is 0 Å². The molecule has 8 nitrogen and oxygen atoms in total. The number of aryl methyl sites for hydroxylation is 1. The molecule has 0 saturated carbocycles. The van der Waals surface area contributed by atoms with Crippen LogP contribution in [0.3, 0.4) is 0 Å². The quantitative estimate of drug-likeness (QED) is 0.189. The van der Waals surface area contributed by atoms with Crippen molar-refractivity contribution >= 4 is 16.7 Å². The van der Waals surface area contributed by atoms with E-state index in [1.54, 1.807) is 49.5 Å². The van der Waals surface area contributed by atoms with Gasteiger partial charge < -0.3 is 18.9 Å². The number of aromatic nitrogens is 3. The Morgan fingerprint density at radius 2 is 1.54 bits per heavy atom. The van der Waals surface area contributed by atoms with Crippen molar-refractivity contribution in [2.45, 2.75) is 13.3 Å². The van der Waals surface area contributed by atoms with Crippen LogP contribution in [0.25, 0.3) is 22.0 Å². The summed E-state index contributed by atoms with van der Waals surface area (Å²) in [5.41, 5.74) is 2.63. The minimum atomic E-state index is -0.658. The number of pyridine rings is 1. The van der Waals surface area contributed by atoms with E-state index in [9.17, 15) is 9.18 Å². The minimum Gasteiger partial charge on any atom is -0.494 e. The summed E-state index contributed by atoms with van der Waals surface area (Å²) in [6, 6.07) is 15.1. The highest BCUT2D eigenvalue weighted by atomic mass is 19.1. The van der Waals surface area contributed by atoms with Crippen molar-refractivity contribution in [1.29, 1.82) is 0 Å². The van der Waals surface area contributed by atoms with Crippen LogP contribution < -0.4 is 18.9 Å². The molecular weight excluding hydrogens is 532 g/mol. The summed E-state index contributed by atoms with van der Waals surface area (Å²) in [5.74, 6) is 0.0541. The number of Topliss-reactive ketones (excluding diaryl/α,β-unsaturated/α-hetero) is 1. The highest BCUT2D eigenvalue weighted by Gasteiger charge is 2.23. The second-order valence-corrected chi connectivity index (χ2v) is 9.05. The lowest BCUT2D eigenvalue weighted by Crippen LogP contribution is -2.12. The summed E-state index contributed by atoms with van der Waals surface area (Å²) < 4.78 is 50.8. The van der Waals surface area contributed by atoms with Gasteiger partial charge in [0.15, 0.2) is 40.3 Å². The fourth-order valence-corrected chi connectivity index (χ4v) is 4.50. The summed E-state index contributed by atoms with van der Waals surface area (Å²) in [6.07, 6.45) is 1.38. The van der Waals surface area contributed by atoms with Crippen LogP contribution in [0.1, 0.15) is 21.7 Å². The van der Waals surface area contributed by atoms with Crippen LogP contribution in [0.2, 0.25) is 0 Å². The molecule has 0 aliphatic heterocycles. The summed E-state index contributed by atoms with van der Waals surface area (Å²) in [4.78, 5) is 17.6. The van der Waals surface area contributed by atoms with E-state index < -0.39 is 17.4 Å². The normalized spacial score (nSPS) is 10.9. The van der Waals surface area contributed by atoms with E-state index in [1.807, 2.05) is 0 Å². The number of carbonyl (C=O) groups excluding carboxylic acids is 1. The first-order valence-electron chi connectivity index (χ1n) is 12.5. The summed E-state index contributed by atoms with van der Waals surface area (Å²) in [6.45, 7) is 1.72. The van der Waals surface area contributed by atoms with Crippen LogP contribution in [-0.2, 0) is 6.42 Å². The molecule has 0 N–H and O–H groups in total. The van der Waals surface area contributed by atoms with Crippen molar-refractivity contribution in [3.63, 3.8) is 0 Å². The molecule has 41 heavy (non-hydrogen) atoms. The highest BCUT2D eigenvalue weighted by molar-refractivity contribution is 6.00. The number of carbonyl (C=O) groups is 1. The zero-order valence-electron chi connectivity index (χ0n) is 22.7. The van der Waals surface area contributed by atoms with E-state index in [-0.39, 0.29) is 23.6 Å². The maximum atomic E-state index is 15.2. The molecule has 0 radical (unpaired) electrons. The number of methoxy groups -OCH3 is 3. The molecule has 2 heterocycles. The maximum Gasteiger partial charge on any atom is 0.191 e. The van der Waals surface area contributed by atoms with Crippen LogP contribution in [0.15, 0.2) is 66.9 Å². The summed E-state index contributed by atoms with van der Waals surface area (Å²) in [7, 11) is 4.46. The van der Waals surface area contributed by atoms with Gasteiger partial charge in [0, 0.05) is 29.6 Å². The van der Waals surface area contributed by atoms with Crippen LogP contribution in [0.5, 0.6) is 28.7 Å². The lowest BCUT2D eigenvalue weighted by molar-refractivity contribution is 0.0984. The Morgan fingerprint density at radius 1 is 0.805 bits per heavy atom. The van der Waals surface area contributed by atoms with Gasteiger partial charge in [-0.25, -0.2) is 8.78 Å². The number of halogens is 2. The Morgan fingerprint density at radius 3 is 2.22 bits per heavy atom. The second-order valence-electron chi connectivity index (χ2n) is 9.05. The van der Waals surface area contributed by atoms with Gasteiger partial charge in [0.2, 0.25) is 0 Å². The van der Waals surface area contributed by atoms with E-state index in [0.29, 0.717) is 50.5 Å². The first-order chi connectivity index (χ1) is 19.8. The topological polar surface area (TPSA) is 92.7 Å². The average molecular weight is 558 g/mol. The smallest absolute Gasteiger partial charge is 0.191 e. The van der Waals surface area contributed by atoms with Gasteiger partial charge >= 0.3 is 0 Å². The van der Waals surface area contributed by atoms with Crippen molar-refractivity contribution in [2.75, 3.05) is 21.3 Å². The number of ether oxygens (including phenoxy) is 4. The first kappa shape index (κ1) is 27.4. The van der Waals surface area contributed by atoms with Crippen LogP contribution >= 0.6 is 0 Å². The SMILES string of the molecule is COc1cc2nccc(Oc3ccc(CC(=O)c4nnc(C)c(-c5ccc(F)cc5)c4OC)cc3F)c2cc1OC. The molecule has 0 spiro atoms. The lowest BCUT2D eigenvalue weighted by Gasteiger charge is -2.14. The van der Waals surface area contributed by atoms with Crippen LogP contribution in [-0.4, -0.2) is 42.3 Å². The predicted octanol–water partition coefficient (Wildman–Crippen LogP) is 6.52. The van der Waals surface area contributed by atoms with Crippen LogP contribution in [0.4, 0.5) is 8.78 Å². The molecule has 0 aliphatic carbocycles. The molecule has 0 fully saturated rings. The van der Waals surface area contributed by atoms with Crippen molar-refractivity contribution in [3.8, 4) is 39.9 Å². The molecule has 0 atom stereocenters. The van der Waals surface area contributed by atoms with Crippen molar-refractivity contribution in [2.24, 2.45) is 0 Å². The number of ketones is 1. The number of hydrogen-bond donors (Lipinski definition) is 0. The Labute approximate surface area is 234 Å². The Bertz CT molecular complexity index is 1760. The number of rotatable bonds is 9. The van der Waals surface area contributed by atoms with Gasteiger partial charge in [-0.05, 0) is 54.4 Å². The summed E-state index contributed by atoms with van der Waals surface area (Å²) >= 11 is 0. The summed E-state index contributed by atoms with van der Waals surface area (Å²) in [5, 5.41) is 8.78. The third-order valence-electron chi connectivity index (χ3n) is 6.49. The average Bonchev–Trinajstić information content (AvgIpc) is 2.98. The molecule has 0 amide bonds. The minimum absolute atomic E-state index is 0.00853. The fourth-order valence-electron chi connectivity index (χ4n) is 4.50. The monoisotopic (exact) mass is 557 g/mol. The zero-order valence-corrected chi connectivity index (χ0v) is 22.7. The lowest BCUT2D eigenvalue weighted by atomic mass is 9.99. The molecule has 5 rings (SSSR count). The van der Waals surface area contributed by atoms with Crippen LogP contribution in [0, 0.1) is 18.6 Å². The van der Waals surface area contributed by atoms with E-state index in [4.69, 9.17) is 18.9 Å². The fraction of sp³-hybridized carbons (Fsp3) is 0.161. The molecule has 5 aromatic rings. The molecule has 0 aliphatic rings. The molecule has 2 aromatic heterocycles. The van der Waals surface area contributed by atoms with Gasteiger partial charge in [0.25, 0.3) is 0 Å². The van der Waals surface area contributed by atoms with Gasteiger partial charge in [0.1, 0.15) is 11.6 Å². The largest absolute Gasteiger partial charge is 0.494 e. The Balaban J connectivity index is 1.41. The molecule has 10 heteroatoms. The van der Waals surface area contributed by atoms with Gasteiger partial charge in [-0.15, -0.1) is 5.10 Å². The molecule has 0 unspecified atom stereocenters. The van der Waals surface area contributed by atoms with Crippen molar-refractivity contribution in [3.05, 3.63) is 95.4 Å². The van der Waals surface area contributed by atoms with Gasteiger partial charge in [-0.2, -0.15) is 5.10 Å². The predicted molar refractivity (Wildman–Crippen MR) is 148 cm³/mol. The molecule has 3 aromatic carbocycles. The maximum absolute atomic E-state index is 15.2. The standard InChI is InChI=1S/C31H25F2N3O5/c1-17-29(19-6-8-20(32)9-7-19)31(40-4)30(36-35-17)24(37)14-18-5-10-26(22(33)13-18)41-25-11-12-34-23-16-28(39-3)27(38-2)15-21(23)25/h5-13,15-16H,14H2,1-4H3. The zero-order chi connectivity index (χ0) is 29.1. The molecule has 208 valence electrons. The Hall–Kier alpha value is -5.12. The third kappa shape index (κ3) is 5.49. The number of benzene rings is 3.